The standard InChI is InChI=1S/C14H12N4O/c15-12-3-1-2-11(9-12)14-17-13(19-18-14)8-10-4-6-16-7-5-10/h1-7,9H,8,15H2. The molecule has 94 valence electrons. The van der Waals surface area contributed by atoms with Crippen LogP contribution in [0, 0.1) is 0 Å². The number of benzene rings is 1. The van der Waals surface area contributed by atoms with E-state index in [1.165, 1.54) is 0 Å². The van der Waals surface area contributed by atoms with E-state index in [2.05, 4.69) is 15.1 Å². The molecule has 0 radical (unpaired) electrons. The zero-order valence-electron chi connectivity index (χ0n) is 10.2. The van der Waals surface area contributed by atoms with Crippen molar-refractivity contribution in [2.45, 2.75) is 6.42 Å². The highest BCUT2D eigenvalue weighted by atomic mass is 16.5. The molecule has 2 heterocycles. The minimum atomic E-state index is 0.552. The number of hydrogen-bond acceptors (Lipinski definition) is 5. The number of rotatable bonds is 3. The monoisotopic (exact) mass is 252 g/mol. The minimum Gasteiger partial charge on any atom is -0.399 e. The van der Waals surface area contributed by atoms with E-state index >= 15 is 0 Å². The third kappa shape index (κ3) is 2.60. The van der Waals surface area contributed by atoms with Gasteiger partial charge in [-0.05, 0) is 29.8 Å². The lowest BCUT2D eigenvalue weighted by molar-refractivity contribution is 0.385. The first kappa shape index (κ1) is 11.4. The van der Waals surface area contributed by atoms with Gasteiger partial charge < -0.3 is 10.3 Å². The highest BCUT2D eigenvalue weighted by molar-refractivity contribution is 5.60. The van der Waals surface area contributed by atoms with E-state index in [1.807, 2.05) is 36.4 Å². The molecule has 2 N–H and O–H groups in total. The predicted octanol–water partition coefficient (Wildman–Crippen LogP) is 2.30. The third-order valence-corrected chi connectivity index (χ3v) is 2.72. The Hall–Kier alpha value is -2.69. The van der Waals surface area contributed by atoms with Crippen molar-refractivity contribution >= 4 is 5.69 Å². The maximum absolute atomic E-state index is 5.73. The second-order valence-corrected chi connectivity index (χ2v) is 4.17. The van der Waals surface area contributed by atoms with E-state index in [9.17, 15) is 0 Å². The molecule has 19 heavy (non-hydrogen) atoms. The topological polar surface area (TPSA) is 77.8 Å². The molecule has 0 unspecified atom stereocenters. The summed E-state index contributed by atoms with van der Waals surface area (Å²) in [6.45, 7) is 0. The Morgan fingerprint density at radius 1 is 1.11 bits per heavy atom. The van der Waals surface area contributed by atoms with Crippen molar-refractivity contribution in [2.24, 2.45) is 0 Å². The molecule has 0 spiro atoms. The molecular formula is C14H12N4O. The van der Waals surface area contributed by atoms with Gasteiger partial charge in [0, 0.05) is 23.6 Å². The van der Waals surface area contributed by atoms with E-state index in [0.29, 0.717) is 23.8 Å². The predicted molar refractivity (Wildman–Crippen MR) is 71.2 cm³/mol. The van der Waals surface area contributed by atoms with Gasteiger partial charge in [-0.1, -0.05) is 17.3 Å². The van der Waals surface area contributed by atoms with Crippen LogP contribution in [-0.2, 0) is 6.42 Å². The Morgan fingerprint density at radius 3 is 2.74 bits per heavy atom. The molecule has 1 aromatic carbocycles. The van der Waals surface area contributed by atoms with Crippen molar-refractivity contribution < 1.29 is 4.52 Å². The van der Waals surface area contributed by atoms with E-state index in [4.69, 9.17) is 10.3 Å². The van der Waals surface area contributed by atoms with E-state index in [1.54, 1.807) is 12.4 Å². The normalized spacial score (nSPS) is 10.5. The fourth-order valence-electron chi connectivity index (χ4n) is 1.80. The van der Waals surface area contributed by atoms with E-state index in [0.717, 1.165) is 11.1 Å². The Labute approximate surface area is 110 Å². The second kappa shape index (κ2) is 4.89. The average molecular weight is 252 g/mol. The fourth-order valence-corrected chi connectivity index (χ4v) is 1.80. The van der Waals surface area contributed by atoms with Crippen molar-refractivity contribution in [1.82, 2.24) is 15.1 Å². The first-order chi connectivity index (χ1) is 9.31. The Balaban J connectivity index is 1.84. The SMILES string of the molecule is Nc1cccc(-c2noc(Cc3ccncc3)n2)c1. The number of nitrogens with two attached hydrogens (primary N) is 1. The van der Waals surface area contributed by atoms with Crippen LogP contribution in [-0.4, -0.2) is 15.1 Å². The number of aromatic nitrogens is 3. The molecule has 0 fully saturated rings. The Morgan fingerprint density at radius 2 is 1.95 bits per heavy atom. The average Bonchev–Trinajstić information content (AvgIpc) is 2.88. The van der Waals surface area contributed by atoms with Gasteiger partial charge in [0.15, 0.2) is 0 Å². The minimum absolute atomic E-state index is 0.552. The maximum atomic E-state index is 5.73. The summed E-state index contributed by atoms with van der Waals surface area (Å²) in [6, 6.07) is 11.2. The van der Waals surface area contributed by atoms with Crippen LogP contribution in [0.4, 0.5) is 5.69 Å². The molecule has 0 aliphatic carbocycles. The number of hydrogen-bond donors (Lipinski definition) is 1. The summed E-state index contributed by atoms with van der Waals surface area (Å²) in [5, 5.41) is 3.97. The molecule has 2 aromatic heterocycles. The van der Waals surface area contributed by atoms with E-state index in [-0.39, 0.29) is 0 Å². The maximum Gasteiger partial charge on any atom is 0.231 e. The molecule has 3 aromatic rings. The lowest BCUT2D eigenvalue weighted by Crippen LogP contribution is -1.89. The third-order valence-electron chi connectivity index (χ3n) is 2.72. The zero-order chi connectivity index (χ0) is 13.1. The van der Waals surface area contributed by atoms with Crippen LogP contribution in [0.2, 0.25) is 0 Å². The van der Waals surface area contributed by atoms with Crippen LogP contribution >= 0.6 is 0 Å². The molecule has 3 rings (SSSR count). The summed E-state index contributed by atoms with van der Waals surface area (Å²) < 4.78 is 5.24. The number of pyridine rings is 1. The van der Waals surface area contributed by atoms with Crippen molar-refractivity contribution in [2.75, 3.05) is 5.73 Å². The smallest absolute Gasteiger partial charge is 0.231 e. The van der Waals surface area contributed by atoms with Crippen LogP contribution in [0.3, 0.4) is 0 Å². The van der Waals surface area contributed by atoms with Crippen molar-refractivity contribution in [1.29, 1.82) is 0 Å². The van der Waals surface area contributed by atoms with Crippen LogP contribution in [0.5, 0.6) is 0 Å². The molecule has 0 aliphatic rings. The lowest BCUT2D eigenvalue weighted by atomic mass is 10.2. The molecule has 5 nitrogen and oxygen atoms in total. The molecule has 5 heteroatoms. The Kier molecular flexibility index (Phi) is 2.94. The van der Waals surface area contributed by atoms with Crippen molar-refractivity contribution in [3.63, 3.8) is 0 Å². The molecular weight excluding hydrogens is 240 g/mol. The van der Waals surface area contributed by atoms with Gasteiger partial charge in [0.2, 0.25) is 11.7 Å². The van der Waals surface area contributed by atoms with Crippen molar-refractivity contribution in [3.05, 3.63) is 60.2 Å². The summed E-state index contributed by atoms with van der Waals surface area (Å²) in [5.41, 5.74) is 8.34. The van der Waals surface area contributed by atoms with Gasteiger partial charge in [-0.15, -0.1) is 0 Å². The van der Waals surface area contributed by atoms with Crippen LogP contribution in [0.15, 0.2) is 53.3 Å². The highest BCUT2D eigenvalue weighted by Crippen LogP contribution is 2.19. The number of nitrogens with zero attached hydrogens (tertiary/aromatic N) is 3. The van der Waals surface area contributed by atoms with Gasteiger partial charge in [0.25, 0.3) is 0 Å². The summed E-state index contributed by atoms with van der Waals surface area (Å²) in [4.78, 5) is 8.33. The first-order valence-electron chi connectivity index (χ1n) is 5.89. The summed E-state index contributed by atoms with van der Waals surface area (Å²) in [5.74, 6) is 1.12. The van der Waals surface area contributed by atoms with Gasteiger partial charge in [0.05, 0.1) is 6.42 Å². The van der Waals surface area contributed by atoms with Crippen molar-refractivity contribution in [3.8, 4) is 11.4 Å². The number of nitrogen functional groups attached to an aromatic ring is 1. The van der Waals surface area contributed by atoms with Gasteiger partial charge in [-0.25, -0.2) is 0 Å². The zero-order valence-corrected chi connectivity index (χ0v) is 10.2. The summed E-state index contributed by atoms with van der Waals surface area (Å²) in [7, 11) is 0. The molecule has 0 saturated carbocycles. The fraction of sp³-hybridized carbons (Fsp3) is 0.0714. The second-order valence-electron chi connectivity index (χ2n) is 4.17. The largest absolute Gasteiger partial charge is 0.399 e. The van der Waals surface area contributed by atoms with Gasteiger partial charge in [0.1, 0.15) is 0 Å². The molecule has 0 atom stereocenters. The van der Waals surface area contributed by atoms with Crippen LogP contribution in [0.1, 0.15) is 11.5 Å². The Bertz CT molecular complexity index is 679. The first-order valence-corrected chi connectivity index (χ1v) is 5.89. The van der Waals surface area contributed by atoms with Crippen LogP contribution < -0.4 is 5.73 Å². The molecule has 0 saturated heterocycles. The number of anilines is 1. The molecule has 0 amide bonds. The van der Waals surface area contributed by atoms with Gasteiger partial charge in [-0.3, -0.25) is 4.98 Å². The van der Waals surface area contributed by atoms with E-state index < -0.39 is 0 Å². The van der Waals surface area contributed by atoms with Gasteiger partial charge >= 0.3 is 0 Å². The highest BCUT2D eigenvalue weighted by Gasteiger charge is 2.09. The summed E-state index contributed by atoms with van der Waals surface area (Å²) >= 11 is 0. The molecule has 0 aliphatic heterocycles. The summed E-state index contributed by atoms with van der Waals surface area (Å²) in [6.07, 6.45) is 4.08. The molecule has 0 bridgehead atoms. The lowest BCUT2D eigenvalue weighted by Gasteiger charge is -1.95. The van der Waals surface area contributed by atoms with Gasteiger partial charge in [-0.2, -0.15) is 4.98 Å². The van der Waals surface area contributed by atoms with Crippen LogP contribution in [0.25, 0.3) is 11.4 Å². The quantitative estimate of drug-likeness (QED) is 0.724.